The second-order valence-electron chi connectivity index (χ2n) is 5.41. The minimum absolute atomic E-state index is 0.0471. The van der Waals surface area contributed by atoms with Crippen molar-refractivity contribution in [1.29, 1.82) is 0 Å². The molecule has 9 nitrogen and oxygen atoms in total. The third-order valence-corrected chi connectivity index (χ3v) is 5.64. The van der Waals surface area contributed by atoms with Crippen molar-refractivity contribution in [1.82, 2.24) is 0 Å². The molecule has 0 aliphatic carbocycles. The minimum atomic E-state index is -4.50. The number of nitro benzene ring substituents is 1. The van der Waals surface area contributed by atoms with E-state index >= 15 is 0 Å². The monoisotopic (exact) mass is 413 g/mol. The molecular weight excluding hydrogens is 400 g/mol. The summed E-state index contributed by atoms with van der Waals surface area (Å²) in [6, 6.07) is 7.29. The van der Waals surface area contributed by atoms with Crippen molar-refractivity contribution < 1.29 is 28.0 Å². The fourth-order valence-corrected chi connectivity index (χ4v) is 3.95. The number of aryl methyl sites for hydroxylation is 1. The lowest BCUT2D eigenvalue weighted by atomic mass is 10.2. The zero-order chi connectivity index (χ0) is 20.4. The molecule has 0 aromatic heterocycles. The van der Waals surface area contributed by atoms with Gasteiger partial charge in [-0.15, -0.1) is 0 Å². The number of nitro groups is 1. The highest BCUT2D eigenvalue weighted by molar-refractivity contribution is 7.92. The van der Waals surface area contributed by atoms with E-state index in [-0.39, 0.29) is 22.0 Å². The Morgan fingerprint density at radius 3 is 2.48 bits per heavy atom. The Balaban J connectivity index is 2.70. The second-order valence-corrected chi connectivity index (χ2v) is 7.70. The lowest BCUT2D eigenvalue weighted by Gasteiger charge is -2.26. The van der Waals surface area contributed by atoms with E-state index in [9.17, 15) is 28.4 Å². The number of ether oxygens (including phenoxy) is 1. The normalized spacial score (nSPS) is 11.1. The lowest BCUT2D eigenvalue weighted by molar-refractivity contribution is -0.385. The number of anilines is 1. The predicted molar refractivity (Wildman–Crippen MR) is 95.4 cm³/mol. The van der Waals surface area contributed by atoms with Crippen molar-refractivity contribution in [2.45, 2.75) is 11.8 Å². The Kier molecular flexibility index (Phi) is 5.91. The maximum Gasteiger partial charge on any atom is 0.273 e. The van der Waals surface area contributed by atoms with Gasteiger partial charge in [-0.3, -0.25) is 14.4 Å². The van der Waals surface area contributed by atoms with E-state index in [1.54, 1.807) is 0 Å². The number of rotatable bonds is 7. The number of nitrogens with zero attached hydrogens (tertiary/aromatic N) is 2. The second kappa shape index (κ2) is 7.80. The topological polar surface area (TPSA) is 130 Å². The van der Waals surface area contributed by atoms with Crippen LogP contribution in [0.2, 0.25) is 5.02 Å². The molecule has 0 bridgehead atoms. The largest absolute Gasteiger partial charge is 0.548 e. The SMILES string of the molecule is COc1ccc(Cl)cc1N(CC(=O)[O-])S(=O)(=O)c1ccc(C)c([N+](=O)[O-])c1. The van der Waals surface area contributed by atoms with Gasteiger partial charge in [0.15, 0.2) is 0 Å². The van der Waals surface area contributed by atoms with Crippen LogP contribution in [-0.2, 0) is 14.8 Å². The van der Waals surface area contributed by atoms with E-state index in [1.165, 1.54) is 38.3 Å². The number of benzene rings is 2. The molecule has 11 heteroatoms. The van der Waals surface area contributed by atoms with E-state index < -0.39 is 38.0 Å². The van der Waals surface area contributed by atoms with E-state index in [0.29, 0.717) is 4.31 Å². The molecule has 27 heavy (non-hydrogen) atoms. The van der Waals surface area contributed by atoms with Crippen LogP contribution >= 0.6 is 11.6 Å². The van der Waals surface area contributed by atoms with E-state index in [2.05, 4.69) is 0 Å². The van der Waals surface area contributed by atoms with E-state index in [0.717, 1.165) is 12.1 Å². The predicted octanol–water partition coefficient (Wildman–Crippen LogP) is 1.51. The average molecular weight is 414 g/mol. The summed E-state index contributed by atoms with van der Waals surface area (Å²) < 4.78 is 31.7. The number of hydrogen-bond donors (Lipinski definition) is 0. The minimum Gasteiger partial charge on any atom is -0.548 e. The quantitative estimate of drug-likeness (QED) is 0.496. The summed E-state index contributed by atoms with van der Waals surface area (Å²) in [4.78, 5) is 21.1. The Hall–Kier alpha value is -2.85. The molecule has 2 aromatic rings. The van der Waals surface area contributed by atoms with Crippen molar-refractivity contribution in [3.63, 3.8) is 0 Å². The smallest absolute Gasteiger partial charge is 0.273 e. The fourth-order valence-electron chi connectivity index (χ4n) is 2.35. The first-order valence-corrected chi connectivity index (χ1v) is 9.21. The lowest BCUT2D eigenvalue weighted by Crippen LogP contribution is -2.41. The molecule has 0 amide bonds. The Bertz CT molecular complexity index is 1010. The van der Waals surface area contributed by atoms with Crippen molar-refractivity contribution in [2.75, 3.05) is 18.0 Å². The Labute approximate surface area is 159 Å². The Morgan fingerprint density at radius 1 is 1.26 bits per heavy atom. The molecule has 0 radical (unpaired) electrons. The number of carboxylic acid groups (broad SMARTS) is 1. The average Bonchev–Trinajstić information content (AvgIpc) is 2.59. The van der Waals surface area contributed by atoms with Gasteiger partial charge in [-0.25, -0.2) is 8.42 Å². The van der Waals surface area contributed by atoms with Crippen LogP contribution in [0.1, 0.15) is 5.56 Å². The highest BCUT2D eigenvalue weighted by Crippen LogP contribution is 2.35. The molecule has 0 unspecified atom stereocenters. The molecule has 2 rings (SSSR count). The molecule has 0 fully saturated rings. The number of carbonyl (C=O) groups is 1. The molecular formula is C16H14ClN2O7S-. The molecule has 0 spiro atoms. The molecule has 0 heterocycles. The summed E-state index contributed by atoms with van der Waals surface area (Å²) in [6.07, 6.45) is 0. The summed E-state index contributed by atoms with van der Waals surface area (Å²) in [5, 5.41) is 22.4. The van der Waals surface area contributed by atoms with Gasteiger partial charge in [-0.2, -0.15) is 0 Å². The first kappa shape index (κ1) is 20.5. The van der Waals surface area contributed by atoms with E-state index in [4.69, 9.17) is 16.3 Å². The number of sulfonamides is 1. The van der Waals surface area contributed by atoms with Crippen LogP contribution in [-0.4, -0.2) is 33.0 Å². The molecule has 0 N–H and O–H groups in total. The molecule has 0 saturated carbocycles. The van der Waals surface area contributed by atoms with Crippen LogP contribution < -0.4 is 14.1 Å². The molecule has 0 aliphatic rings. The maximum atomic E-state index is 13.0. The van der Waals surface area contributed by atoms with Gasteiger partial charge in [0.1, 0.15) is 5.75 Å². The number of methoxy groups -OCH3 is 1. The number of carboxylic acids is 1. The number of aliphatic carboxylic acids is 1. The van der Waals surface area contributed by atoms with Crippen LogP contribution in [0, 0.1) is 17.0 Å². The zero-order valence-corrected chi connectivity index (χ0v) is 15.8. The molecule has 0 saturated heterocycles. The molecule has 2 aromatic carbocycles. The fraction of sp³-hybridized carbons (Fsp3) is 0.188. The summed E-state index contributed by atoms with van der Waals surface area (Å²) in [5.74, 6) is -1.63. The summed E-state index contributed by atoms with van der Waals surface area (Å²) in [5.41, 5.74) is -0.300. The van der Waals surface area contributed by atoms with Crippen LogP contribution in [0.3, 0.4) is 0 Å². The molecule has 144 valence electrons. The number of hydrogen-bond acceptors (Lipinski definition) is 7. The zero-order valence-electron chi connectivity index (χ0n) is 14.2. The van der Waals surface area contributed by atoms with Crippen LogP contribution in [0.4, 0.5) is 11.4 Å². The third-order valence-electron chi connectivity index (χ3n) is 3.65. The molecule has 0 atom stereocenters. The highest BCUT2D eigenvalue weighted by atomic mass is 35.5. The van der Waals surface area contributed by atoms with Crippen LogP contribution in [0.5, 0.6) is 5.75 Å². The van der Waals surface area contributed by atoms with Crippen molar-refractivity contribution in [2.24, 2.45) is 0 Å². The first-order valence-electron chi connectivity index (χ1n) is 7.39. The van der Waals surface area contributed by atoms with Crippen LogP contribution in [0.25, 0.3) is 0 Å². The van der Waals surface area contributed by atoms with Gasteiger partial charge in [0.05, 0.1) is 35.1 Å². The van der Waals surface area contributed by atoms with Gasteiger partial charge < -0.3 is 14.6 Å². The summed E-state index contributed by atoms with van der Waals surface area (Å²) in [7, 11) is -3.23. The Morgan fingerprint density at radius 2 is 1.93 bits per heavy atom. The first-order chi connectivity index (χ1) is 12.6. The standard InChI is InChI=1S/C16H15ClN2O7S/c1-10-3-5-12(8-13(10)19(22)23)27(24,25)18(9-16(20)21)14-7-11(17)4-6-15(14)26-2/h3-8H,9H2,1-2H3,(H,20,21)/p-1. The summed E-state index contributed by atoms with van der Waals surface area (Å²) >= 11 is 5.91. The summed E-state index contributed by atoms with van der Waals surface area (Å²) in [6.45, 7) is 0.411. The van der Waals surface area contributed by atoms with Gasteiger partial charge in [0, 0.05) is 16.7 Å². The van der Waals surface area contributed by atoms with Gasteiger partial charge in [-0.1, -0.05) is 17.7 Å². The number of carbonyl (C=O) groups excluding carboxylic acids is 1. The van der Waals surface area contributed by atoms with Gasteiger partial charge in [0.25, 0.3) is 15.7 Å². The van der Waals surface area contributed by atoms with Gasteiger partial charge >= 0.3 is 0 Å². The molecule has 0 aliphatic heterocycles. The van der Waals surface area contributed by atoms with Crippen molar-refractivity contribution in [3.05, 3.63) is 57.1 Å². The van der Waals surface area contributed by atoms with Gasteiger partial charge in [0.2, 0.25) is 0 Å². The van der Waals surface area contributed by atoms with Crippen LogP contribution in [0.15, 0.2) is 41.3 Å². The third kappa shape index (κ3) is 4.29. The van der Waals surface area contributed by atoms with Gasteiger partial charge in [-0.05, 0) is 31.2 Å². The van der Waals surface area contributed by atoms with Crippen molar-refractivity contribution in [3.8, 4) is 5.75 Å². The maximum absolute atomic E-state index is 13.0. The van der Waals surface area contributed by atoms with E-state index in [1.807, 2.05) is 0 Å². The highest BCUT2D eigenvalue weighted by Gasteiger charge is 2.29. The van der Waals surface area contributed by atoms with Crippen molar-refractivity contribution >= 4 is 39.0 Å². The number of halogens is 1.